The van der Waals surface area contributed by atoms with E-state index in [0.29, 0.717) is 28.8 Å². The Balaban J connectivity index is 1.32. The molecule has 0 radical (unpaired) electrons. The first-order chi connectivity index (χ1) is 18.2. The molecule has 1 atom stereocenters. The number of hydrogen-bond acceptors (Lipinski definition) is 6. The first-order valence-corrected chi connectivity index (χ1v) is 12.5. The Labute approximate surface area is 222 Å². The summed E-state index contributed by atoms with van der Waals surface area (Å²) in [6, 6.07) is 20.2. The molecular weight excluding hydrogens is 484 g/mol. The minimum atomic E-state index is -0.649. The maximum absolute atomic E-state index is 12.7. The molecule has 0 aliphatic carbocycles. The number of nitrogens with zero attached hydrogens (tertiary/aromatic N) is 1. The number of amides is 2. The third-order valence-corrected chi connectivity index (χ3v) is 6.32. The van der Waals surface area contributed by atoms with Gasteiger partial charge in [-0.3, -0.25) is 14.4 Å². The van der Waals surface area contributed by atoms with Crippen LogP contribution in [0.5, 0.6) is 17.2 Å². The molecule has 1 saturated heterocycles. The summed E-state index contributed by atoms with van der Waals surface area (Å²) in [5.41, 5.74) is 3.43. The molecule has 8 nitrogen and oxygen atoms in total. The number of ether oxygens (including phenoxy) is 3. The van der Waals surface area contributed by atoms with Crippen molar-refractivity contribution in [1.82, 2.24) is 0 Å². The van der Waals surface area contributed by atoms with Crippen molar-refractivity contribution in [2.45, 2.75) is 33.1 Å². The highest BCUT2D eigenvalue weighted by Crippen LogP contribution is 2.33. The van der Waals surface area contributed by atoms with Crippen LogP contribution in [0.4, 0.5) is 11.4 Å². The van der Waals surface area contributed by atoms with Crippen LogP contribution in [0.15, 0.2) is 66.7 Å². The molecule has 4 rings (SSSR count). The number of nitrogens with one attached hydrogen (secondary N) is 1. The first kappa shape index (κ1) is 26.7. The van der Waals surface area contributed by atoms with Gasteiger partial charge < -0.3 is 24.4 Å². The highest BCUT2D eigenvalue weighted by Gasteiger charge is 2.36. The molecule has 0 saturated carbocycles. The lowest BCUT2D eigenvalue weighted by Crippen LogP contribution is -2.28. The van der Waals surface area contributed by atoms with Gasteiger partial charge in [0.1, 0.15) is 17.2 Å². The summed E-state index contributed by atoms with van der Waals surface area (Å²) in [5, 5.41) is 2.66. The van der Waals surface area contributed by atoms with E-state index in [-0.39, 0.29) is 18.9 Å². The second kappa shape index (κ2) is 11.8. The maximum Gasteiger partial charge on any atom is 0.311 e. The van der Waals surface area contributed by atoms with Crippen molar-refractivity contribution in [3.8, 4) is 17.2 Å². The van der Waals surface area contributed by atoms with E-state index in [1.54, 1.807) is 41.3 Å². The Morgan fingerprint density at radius 2 is 1.79 bits per heavy atom. The van der Waals surface area contributed by atoms with E-state index in [9.17, 15) is 14.4 Å². The van der Waals surface area contributed by atoms with Gasteiger partial charge in [-0.05, 0) is 66.4 Å². The van der Waals surface area contributed by atoms with Crippen molar-refractivity contribution in [1.29, 1.82) is 0 Å². The normalized spacial score (nSPS) is 14.9. The van der Waals surface area contributed by atoms with Crippen molar-refractivity contribution in [2.24, 2.45) is 5.92 Å². The topological polar surface area (TPSA) is 94.2 Å². The number of aryl methyl sites for hydroxylation is 1. The van der Waals surface area contributed by atoms with E-state index in [2.05, 4.69) is 31.3 Å². The van der Waals surface area contributed by atoms with Gasteiger partial charge in [0.2, 0.25) is 5.91 Å². The highest BCUT2D eigenvalue weighted by atomic mass is 16.5. The van der Waals surface area contributed by atoms with Gasteiger partial charge in [-0.1, -0.05) is 32.0 Å². The van der Waals surface area contributed by atoms with Crippen LogP contribution in [-0.2, 0) is 19.1 Å². The Morgan fingerprint density at radius 3 is 2.50 bits per heavy atom. The van der Waals surface area contributed by atoms with Crippen LogP contribution in [0, 0.1) is 12.8 Å². The molecule has 8 heteroatoms. The minimum absolute atomic E-state index is 0.0234. The highest BCUT2D eigenvalue weighted by molar-refractivity contribution is 6.00. The second-order valence-corrected chi connectivity index (χ2v) is 9.59. The Morgan fingerprint density at radius 1 is 1.03 bits per heavy atom. The summed E-state index contributed by atoms with van der Waals surface area (Å²) in [4.78, 5) is 39.0. The van der Waals surface area contributed by atoms with Gasteiger partial charge in [0.05, 0.1) is 13.0 Å². The van der Waals surface area contributed by atoms with Crippen molar-refractivity contribution in [3.05, 3.63) is 77.9 Å². The molecule has 1 aliphatic heterocycles. The van der Waals surface area contributed by atoms with Crippen LogP contribution >= 0.6 is 0 Å². The molecule has 1 heterocycles. The lowest BCUT2D eigenvalue weighted by molar-refractivity contribution is -0.151. The molecular formula is C30H32N2O6. The fraction of sp³-hybridized carbons (Fsp3) is 0.300. The standard InChI is InChI=1S/C30H32N2O6/c1-19(2)26-13-8-20(3)14-27(26)38-24-11-9-23(10-12-24)32-17-21(15-29(32)34)30(35)37-18-28(33)31-22-6-5-7-25(16-22)36-4/h5-14,16,19,21H,15,17-18H2,1-4H3,(H,31,33)/t21-/m1/s1. The second-order valence-electron chi connectivity index (χ2n) is 9.59. The number of benzene rings is 3. The molecule has 0 spiro atoms. The van der Waals surface area contributed by atoms with Crippen LogP contribution in [0.1, 0.15) is 37.3 Å². The number of methoxy groups -OCH3 is 1. The molecule has 0 bridgehead atoms. The molecule has 3 aromatic carbocycles. The Kier molecular flexibility index (Phi) is 8.31. The summed E-state index contributed by atoms with van der Waals surface area (Å²) in [6.07, 6.45) is 0.0234. The zero-order valence-electron chi connectivity index (χ0n) is 22.0. The molecule has 1 aliphatic rings. The van der Waals surface area contributed by atoms with E-state index in [1.807, 2.05) is 25.1 Å². The van der Waals surface area contributed by atoms with Gasteiger partial charge in [-0.25, -0.2) is 0 Å². The van der Waals surface area contributed by atoms with Crippen LogP contribution in [0.25, 0.3) is 0 Å². The van der Waals surface area contributed by atoms with E-state index >= 15 is 0 Å². The quantitative estimate of drug-likeness (QED) is 0.380. The smallest absolute Gasteiger partial charge is 0.311 e. The van der Waals surface area contributed by atoms with E-state index < -0.39 is 24.4 Å². The van der Waals surface area contributed by atoms with Gasteiger partial charge >= 0.3 is 5.97 Å². The largest absolute Gasteiger partial charge is 0.497 e. The third-order valence-electron chi connectivity index (χ3n) is 6.32. The summed E-state index contributed by atoms with van der Waals surface area (Å²) < 4.78 is 16.5. The van der Waals surface area contributed by atoms with Crippen molar-refractivity contribution >= 4 is 29.2 Å². The zero-order chi connectivity index (χ0) is 27.2. The number of carbonyl (C=O) groups excluding carboxylic acids is 3. The molecule has 0 unspecified atom stereocenters. The van der Waals surface area contributed by atoms with E-state index in [4.69, 9.17) is 14.2 Å². The van der Waals surface area contributed by atoms with Gasteiger partial charge in [0.25, 0.3) is 5.91 Å². The van der Waals surface area contributed by atoms with Gasteiger partial charge in [0.15, 0.2) is 6.61 Å². The van der Waals surface area contributed by atoms with E-state index in [0.717, 1.165) is 16.9 Å². The van der Waals surface area contributed by atoms with Crippen molar-refractivity contribution in [2.75, 3.05) is 30.5 Å². The third kappa shape index (κ3) is 6.51. The van der Waals surface area contributed by atoms with Gasteiger partial charge in [-0.2, -0.15) is 0 Å². The van der Waals surface area contributed by atoms with Gasteiger partial charge in [0, 0.05) is 30.4 Å². The van der Waals surface area contributed by atoms with Crippen LogP contribution in [-0.4, -0.2) is 38.0 Å². The van der Waals surface area contributed by atoms with Crippen molar-refractivity contribution in [3.63, 3.8) is 0 Å². The predicted molar refractivity (Wildman–Crippen MR) is 145 cm³/mol. The molecule has 0 aromatic heterocycles. The van der Waals surface area contributed by atoms with Gasteiger partial charge in [-0.15, -0.1) is 0 Å². The van der Waals surface area contributed by atoms with Crippen LogP contribution in [0.2, 0.25) is 0 Å². The molecule has 3 aromatic rings. The fourth-order valence-corrected chi connectivity index (χ4v) is 4.30. The fourth-order valence-electron chi connectivity index (χ4n) is 4.30. The zero-order valence-corrected chi connectivity index (χ0v) is 22.0. The van der Waals surface area contributed by atoms with Crippen molar-refractivity contribution < 1.29 is 28.6 Å². The number of carbonyl (C=O) groups is 3. The number of esters is 1. The summed E-state index contributed by atoms with van der Waals surface area (Å²) in [6.45, 7) is 6.00. The van der Waals surface area contributed by atoms with Crippen LogP contribution in [0.3, 0.4) is 0 Å². The molecule has 1 fully saturated rings. The lowest BCUT2D eigenvalue weighted by atomic mass is 10.0. The summed E-state index contributed by atoms with van der Waals surface area (Å²) in [5.74, 6) is 0.497. The number of anilines is 2. The van der Waals surface area contributed by atoms with E-state index in [1.165, 1.54) is 7.11 Å². The summed E-state index contributed by atoms with van der Waals surface area (Å²) >= 11 is 0. The first-order valence-electron chi connectivity index (χ1n) is 12.5. The number of rotatable bonds is 9. The molecule has 1 N–H and O–H groups in total. The SMILES string of the molecule is COc1cccc(NC(=O)COC(=O)[C@@H]2CC(=O)N(c3ccc(Oc4cc(C)ccc4C(C)C)cc3)C2)c1. The summed E-state index contributed by atoms with van der Waals surface area (Å²) in [7, 11) is 1.53. The number of hydrogen-bond donors (Lipinski definition) is 1. The maximum atomic E-state index is 12.7. The minimum Gasteiger partial charge on any atom is -0.497 e. The average Bonchev–Trinajstić information content (AvgIpc) is 3.29. The average molecular weight is 517 g/mol. The van der Waals surface area contributed by atoms with Crippen LogP contribution < -0.4 is 19.7 Å². The lowest BCUT2D eigenvalue weighted by Gasteiger charge is -2.18. The molecule has 38 heavy (non-hydrogen) atoms. The molecule has 198 valence electrons. The monoisotopic (exact) mass is 516 g/mol. The molecule has 2 amide bonds. The Bertz CT molecular complexity index is 1320. The Hall–Kier alpha value is -4.33. The predicted octanol–water partition coefficient (Wildman–Crippen LogP) is 5.45.